The van der Waals surface area contributed by atoms with Gasteiger partial charge in [-0.15, -0.1) is 24.8 Å². The van der Waals surface area contributed by atoms with E-state index in [1.807, 2.05) is 18.3 Å². The minimum absolute atomic E-state index is 0. The number of piperidine rings is 1. The minimum Gasteiger partial charge on any atom is -0.384 e. The highest BCUT2D eigenvalue weighted by atomic mass is 35.5. The van der Waals surface area contributed by atoms with Crippen LogP contribution in [0.1, 0.15) is 18.4 Å². The standard InChI is InChI=1S/C15H23N3O2.2ClH/c1-20-12-15(5-9-16-10-6-15)14(19)18-8-4-13-3-2-7-17-11-13;;/h2-3,7,11,16H,4-6,8-10,12H2,1H3,(H,18,19);2*1H. The normalized spacial score (nSPS) is 16.0. The van der Waals surface area contributed by atoms with Gasteiger partial charge < -0.3 is 15.4 Å². The number of aromatic nitrogens is 1. The second-order valence-electron chi connectivity index (χ2n) is 5.33. The molecule has 1 fully saturated rings. The molecule has 0 spiro atoms. The maximum absolute atomic E-state index is 12.5. The fourth-order valence-corrected chi connectivity index (χ4v) is 2.67. The number of hydrogen-bond acceptors (Lipinski definition) is 4. The van der Waals surface area contributed by atoms with Crippen molar-refractivity contribution in [2.24, 2.45) is 5.41 Å². The molecule has 0 unspecified atom stereocenters. The van der Waals surface area contributed by atoms with E-state index in [0.717, 1.165) is 37.9 Å². The van der Waals surface area contributed by atoms with Crippen molar-refractivity contribution in [3.05, 3.63) is 30.1 Å². The summed E-state index contributed by atoms with van der Waals surface area (Å²) in [5.41, 5.74) is 0.772. The molecule has 0 radical (unpaired) electrons. The molecule has 5 nitrogen and oxygen atoms in total. The number of ether oxygens (including phenoxy) is 1. The molecule has 0 aliphatic carbocycles. The molecule has 1 aromatic heterocycles. The van der Waals surface area contributed by atoms with Gasteiger partial charge in [-0.05, 0) is 44.0 Å². The zero-order valence-corrected chi connectivity index (χ0v) is 14.5. The third-order valence-corrected chi connectivity index (χ3v) is 3.88. The quantitative estimate of drug-likeness (QED) is 0.818. The first-order valence-corrected chi connectivity index (χ1v) is 7.14. The SMILES string of the molecule is COCC1(C(=O)NCCc2cccnc2)CCNCC1.Cl.Cl. The molecule has 1 saturated heterocycles. The molecule has 0 aromatic carbocycles. The number of carbonyl (C=O) groups is 1. The van der Waals surface area contributed by atoms with E-state index < -0.39 is 0 Å². The Hall–Kier alpha value is -0.880. The summed E-state index contributed by atoms with van der Waals surface area (Å²) in [4.78, 5) is 16.5. The number of pyridine rings is 1. The summed E-state index contributed by atoms with van der Waals surface area (Å²) in [6, 6.07) is 3.94. The number of nitrogens with zero attached hydrogens (tertiary/aromatic N) is 1. The number of halogens is 2. The number of amides is 1. The van der Waals surface area contributed by atoms with Crippen molar-refractivity contribution >= 4 is 30.7 Å². The summed E-state index contributed by atoms with van der Waals surface area (Å²) in [5.74, 6) is 0.116. The van der Waals surface area contributed by atoms with Crippen LogP contribution < -0.4 is 10.6 Å². The predicted molar refractivity (Wildman–Crippen MR) is 91.9 cm³/mol. The molecule has 0 atom stereocenters. The second-order valence-corrected chi connectivity index (χ2v) is 5.33. The van der Waals surface area contributed by atoms with Crippen LogP contribution in [0.25, 0.3) is 0 Å². The van der Waals surface area contributed by atoms with Gasteiger partial charge in [-0.3, -0.25) is 9.78 Å². The monoisotopic (exact) mass is 349 g/mol. The van der Waals surface area contributed by atoms with Gasteiger partial charge >= 0.3 is 0 Å². The van der Waals surface area contributed by atoms with E-state index in [2.05, 4.69) is 15.6 Å². The molecule has 1 aromatic rings. The molecule has 1 amide bonds. The van der Waals surface area contributed by atoms with Crippen LogP contribution in [0.2, 0.25) is 0 Å². The summed E-state index contributed by atoms with van der Waals surface area (Å²) in [6.45, 7) is 2.88. The Balaban J connectivity index is 0.00000220. The smallest absolute Gasteiger partial charge is 0.228 e. The topological polar surface area (TPSA) is 63.2 Å². The molecule has 1 aliphatic rings. The van der Waals surface area contributed by atoms with Crippen LogP contribution in [0.4, 0.5) is 0 Å². The van der Waals surface area contributed by atoms with E-state index in [1.54, 1.807) is 13.3 Å². The van der Waals surface area contributed by atoms with Crippen LogP contribution in [0, 0.1) is 5.41 Å². The Morgan fingerprint density at radius 3 is 2.73 bits per heavy atom. The van der Waals surface area contributed by atoms with Gasteiger partial charge in [0.25, 0.3) is 0 Å². The van der Waals surface area contributed by atoms with Gasteiger partial charge in [-0.25, -0.2) is 0 Å². The third kappa shape index (κ3) is 5.72. The van der Waals surface area contributed by atoms with Gasteiger partial charge in [-0.1, -0.05) is 6.07 Å². The van der Waals surface area contributed by atoms with Crippen LogP contribution in [-0.2, 0) is 16.0 Å². The fourth-order valence-electron chi connectivity index (χ4n) is 2.67. The van der Waals surface area contributed by atoms with Crippen LogP contribution in [0.5, 0.6) is 0 Å². The zero-order valence-electron chi connectivity index (χ0n) is 12.8. The lowest BCUT2D eigenvalue weighted by Gasteiger charge is -2.35. The largest absolute Gasteiger partial charge is 0.384 e. The highest BCUT2D eigenvalue weighted by Gasteiger charge is 2.39. The number of methoxy groups -OCH3 is 1. The van der Waals surface area contributed by atoms with E-state index in [4.69, 9.17) is 4.74 Å². The molecule has 2 rings (SSSR count). The molecular weight excluding hydrogens is 325 g/mol. The Bertz CT molecular complexity index is 421. The van der Waals surface area contributed by atoms with Gasteiger partial charge in [0.05, 0.1) is 12.0 Å². The molecule has 0 bridgehead atoms. The Labute approximate surface area is 144 Å². The molecule has 1 aliphatic heterocycles. The second kappa shape index (κ2) is 10.8. The number of hydrogen-bond donors (Lipinski definition) is 2. The van der Waals surface area contributed by atoms with E-state index in [0.29, 0.717) is 13.2 Å². The summed E-state index contributed by atoms with van der Waals surface area (Å²) in [5, 5.41) is 6.34. The maximum Gasteiger partial charge on any atom is 0.228 e. The van der Waals surface area contributed by atoms with Gasteiger partial charge in [0.2, 0.25) is 5.91 Å². The summed E-state index contributed by atoms with van der Waals surface area (Å²) >= 11 is 0. The van der Waals surface area contributed by atoms with Crippen molar-refractivity contribution in [1.29, 1.82) is 0 Å². The predicted octanol–water partition coefficient (Wildman–Crippen LogP) is 1.60. The molecule has 2 heterocycles. The average Bonchev–Trinajstić information content (AvgIpc) is 2.49. The van der Waals surface area contributed by atoms with Crippen LogP contribution in [-0.4, -0.2) is 44.2 Å². The summed E-state index contributed by atoms with van der Waals surface area (Å²) in [7, 11) is 1.66. The van der Waals surface area contributed by atoms with Crippen molar-refractivity contribution < 1.29 is 9.53 Å². The summed E-state index contributed by atoms with van der Waals surface area (Å²) < 4.78 is 5.27. The third-order valence-electron chi connectivity index (χ3n) is 3.88. The van der Waals surface area contributed by atoms with Crippen molar-refractivity contribution in [3.63, 3.8) is 0 Å². The van der Waals surface area contributed by atoms with Crippen molar-refractivity contribution in [2.45, 2.75) is 19.3 Å². The van der Waals surface area contributed by atoms with Gasteiger partial charge in [-0.2, -0.15) is 0 Å². The first-order chi connectivity index (χ1) is 9.77. The van der Waals surface area contributed by atoms with Gasteiger partial charge in [0.15, 0.2) is 0 Å². The number of nitrogens with one attached hydrogen (secondary N) is 2. The van der Waals surface area contributed by atoms with Crippen molar-refractivity contribution in [3.8, 4) is 0 Å². The Kier molecular flexibility index (Phi) is 10.3. The van der Waals surface area contributed by atoms with Gasteiger partial charge in [0.1, 0.15) is 0 Å². The van der Waals surface area contributed by atoms with E-state index in [-0.39, 0.29) is 36.1 Å². The highest BCUT2D eigenvalue weighted by Crippen LogP contribution is 2.29. The van der Waals surface area contributed by atoms with Crippen molar-refractivity contribution in [1.82, 2.24) is 15.6 Å². The molecule has 7 heteroatoms. The Morgan fingerprint density at radius 1 is 1.41 bits per heavy atom. The van der Waals surface area contributed by atoms with E-state index in [9.17, 15) is 4.79 Å². The Morgan fingerprint density at radius 2 is 2.14 bits per heavy atom. The van der Waals surface area contributed by atoms with Crippen molar-refractivity contribution in [2.75, 3.05) is 33.4 Å². The number of carbonyl (C=O) groups excluding carboxylic acids is 1. The number of rotatable bonds is 6. The van der Waals surface area contributed by atoms with E-state index >= 15 is 0 Å². The molecule has 0 saturated carbocycles. The highest BCUT2D eigenvalue weighted by molar-refractivity contribution is 5.85. The average molecular weight is 350 g/mol. The van der Waals surface area contributed by atoms with Crippen LogP contribution in [0.15, 0.2) is 24.5 Å². The lowest BCUT2D eigenvalue weighted by molar-refractivity contribution is -0.136. The maximum atomic E-state index is 12.5. The molecule has 22 heavy (non-hydrogen) atoms. The lowest BCUT2D eigenvalue weighted by atomic mass is 9.78. The van der Waals surface area contributed by atoms with E-state index in [1.165, 1.54) is 0 Å². The first-order valence-electron chi connectivity index (χ1n) is 7.14. The summed E-state index contributed by atoms with van der Waals surface area (Å²) in [6.07, 6.45) is 6.06. The lowest BCUT2D eigenvalue weighted by Crippen LogP contribution is -2.50. The minimum atomic E-state index is -0.366. The molecule has 2 N–H and O–H groups in total. The van der Waals surface area contributed by atoms with Crippen LogP contribution in [0.3, 0.4) is 0 Å². The molecule has 126 valence electrons. The van der Waals surface area contributed by atoms with Gasteiger partial charge in [0, 0.05) is 26.0 Å². The first kappa shape index (κ1) is 21.1. The molecular formula is C15H25Cl2N3O2. The zero-order chi connectivity index (χ0) is 14.3. The fraction of sp³-hybridized carbons (Fsp3) is 0.600. The van der Waals surface area contributed by atoms with Crippen LogP contribution >= 0.6 is 24.8 Å².